The van der Waals surface area contributed by atoms with Gasteiger partial charge in [0.15, 0.2) is 0 Å². The summed E-state index contributed by atoms with van der Waals surface area (Å²) in [6.07, 6.45) is -0.315. The number of furan rings is 1. The van der Waals surface area contributed by atoms with E-state index in [4.69, 9.17) is 9.15 Å². The molecule has 6 nitrogen and oxygen atoms in total. The van der Waals surface area contributed by atoms with E-state index in [1.165, 1.54) is 0 Å². The molecular weight excluding hydrogens is 320 g/mol. The molecule has 1 aromatic carbocycles. The zero-order valence-electron chi connectivity index (χ0n) is 15.0. The number of aryl methyl sites for hydroxylation is 1. The minimum absolute atomic E-state index is 0.0833. The fraction of sp³-hybridized carbons (Fsp3) is 0.526. The van der Waals surface area contributed by atoms with Crippen LogP contribution in [0.1, 0.15) is 31.2 Å². The fourth-order valence-corrected chi connectivity index (χ4v) is 3.26. The highest BCUT2D eigenvalue weighted by atomic mass is 16.5. The molecule has 0 bridgehead atoms. The third-order valence-corrected chi connectivity index (χ3v) is 4.74. The Morgan fingerprint density at radius 2 is 2.16 bits per heavy atom. The molecule has 0 saturated carbocycles. The first kappa shape index (κ1) is 17.8. The maximum atomic E-state index is 12.7. The Bertz CT molecular complexity index is 740. The molecule has 1 saturated heterocycles. The van der Waals surface area contributed by atoms with Gasteiger partial charge in [0.25, 0.3) is 0 Å². The molecule has 0 spiro atoms. The van der Waals surface area contributed by atoms with Gasteiger partial charge in [0.1, 0.15) is 11.3 Å². The topological polar surface area (TPSA) is 74.9 Å². The highest BCUT2D eigenvalue weighted by Crippen LogP contribution is 2.32. The fourth-order valence-electron chi connectivity index (χ4n) is 3.26. The number of benzene rings is 1. The summed E-state index contributed by atoms with van der Waals surface area (Å²) in [5.74, 6) is 0.981. The highest BCUT2D eigenvalue weighted by molar-refractivity contribution is 5.82. The van der Waals surface area contributed by atoms with Crippen molar-refractivity contribution in [2.45, 2.75) is 32.9 Å². The van der Waals surface area contributed by atoms with Gasteiger partial charge >= 0.3 is 6.03 Å². The van der Waals surface area contributed by atoms with E-state index in [0.29, 0.717) is 19.7 Å². The predicted octanol–water partition coefficient (Wildman–Crippen LogP) is 2.84. The van der Waals surface area contributed by atoms with Crippen molar-refractivity contribution in [1.82, 2.24) is 10.2 Å². The number of ether oxygens (including phenoxy) is 1. The maximum Gasteiger partial charge on any atom is 0.318 e. The summed E-state index contributed by atoms with van der Waals surface area (Å²) in [4.78, 5) is 14.4. The third kappa shape index (κ3) is 3.65. The largest absolute Gasteiger partial charge is 0.459 e. The van der Waals surface area contributed by atoms with Gasteiger partial charge in [-0.25, -0.2) is 4.79 Å². The van der Waals surface area contributed by atoms with Crippen molar-refractivity contribution < 1.29 is 19.1 Å². The molecule has 0 unspecified atom stereocenters. The molecule has 1 aromatic heterocycles. The van der Waals surface area contributed by atoms with Crippen LogP contribution in [0.25, 0.3) is 11.0 Å². The minimum Gasteiger partial charge on any atom is -0.459 e. The van der Waals surface area contributed by atoms with Gasteiger partial charge in [0.05, 0.1) is 31.9 Å². The molecular formula is C19H26N2O4. The number of morpholine rings is 1. The first-order chi connectivity index (χ1) is 12.0. The minimum atomic E-state index is -0.315. The molecule has 2 atom stereocenters. The van der Waals surface area contributed by atoms with Gasteiger partial charge in [-0.3, -0.25) is 0 Å². The predicted molar refractivity (Wildman–Crippen MR) is 95.5 cm³/mol. The smallest absolute Gasteiger partial charge is 0.318 e. The summed E-state index contributed by atoms with van der Waals surface area (Å²) in [5.41, 5.74) is 1.89. The third-order valence-electron chi connectivity index (χ3n) is 4.74. The summed E-state index contributed by atoms with van der Waals surface area (Å²) in [7, 11) is 0. The lowest BCUT2D eigenvalue weighted by Gasteiger charge is -2.33. The Morgan fingerprint density at radius 3 is 2.84 bits per heavy atom. The van der Waals surface area contributed by atoms with Crippen molar-refractivity contribution in [3.63, 3.8) is 0 Å². The van der Waals surface area contributed by atoms with Crippen LogP contribution in [0.5, 0.6) is 0 Å². The number of nitrogens with one attached hydrogen (secondary N) is 1. The first-order valence-corrected chi connectivity index (χ1v) is 8.77. The molecule has 2 heterocycles. The summed E-state index contributed by atoms with van der Waals surface area (Å²) >= 11 is 0. The average molecular weight is 346 g/mol. The van der Waals surface area contributed by atoms with Crippen molar-refractivity contribution >= 4 is 17.0 Å². The van der Waals surface area contributed by atoms with E-state index in [1.807, 2.05) is 31.2 Å². The van der Waals surface area contributed by atoms with E-state index in [2.05, 4.69) is 19.2 Å². The monoisotopic (exact) mass is 346 g/mol. The molecule has 2 amide bonds. The molecule has 6 heteroatoms. The summed E-state index contributed by atoms with van der Waals surface area (Å²) < 4.78 is 11.5. The van der Waals surface area contributed by atoms with Gasteiger partial charge in [0, 0.05) is 17.5 Å². The molecule has 1 aliphatic rings. The van der Waals surface area contributed by atoms with E-state index >= 15 is 0 Å². The van der Waals surface area contributed by atoms with Gasteiger partial charge in [-0.2, -0.15) is 0 Å². The second kappa shape index (κ2) is 7.45. The van der Waals surface area contributed by atoms with Gasteiger partial charge in [-0.15, -0.1) is 0 Å². The average Bonchev–Trinajstić information content (AvgIpc) is 2.96. The summed E-state index contributed by atoms with van der Waals surface area (Å²) in [6.45, 7) is 7.42. The molecule has 0 radical (unpaired) electrons. The van der Waals surface area contributed by atoms with Crippen molar-refractivity contribution in [1.29, 1.82) is 0 Å². The number of nitrogens with zero attached hydrogens (tertiary/aromatic N) is 1. The van der Waals surface area contributed by atoms with Crippen LogP contribution in [-0.2, 0) is 4.74 Å². The van der Waals surface area contributed by atoms with Crippen LogP contribution in [-0.4, -0.2) is 48.4 Å². The number of hydrogen-bond acceptors (Lipinski definition) is 4. The number of fused-ring (bicyclic) bond motifs is 1. The van der Waals surface area contributed by atoms with E-state index in [9.17, 15) is 9.90 Å². The van der Waals surface area contributed by atoms with Crippen LogP contribution in [0.3, 0.4) is 0 Å². The van der Waals surface area contributed by atoms with Crippen LogP contribution in [0.2, 0.25) is 0 Å². The number of amides is 2. The molecule has 2 N–H and O–H groups in total. The number of aliphatic hydroxyl groups is 1. The maximum absolute atomic E-state index is 12.7. The number of urea groups is 1. The van der Waals surface area contributed by atoms with Crippen LogP contribution in [0, 0.1) is 12.8 Å². The number of para-hydroxylation sites is 1. The Kier molecular flexibility index (Phi) is 5.30. The van der Waals surface area contributed by atoms with Crippen LogP contribution < -0.4 is 5.32 Å². The normalized spacial score (nSPS) is 19.4. The van der Waals surface area contributed by atoms with Crippen molar-refractivity contribution in [2.75, 3.05) is 26.3 Å². The first-order valence-electron chi connectivity index (χ1n) is 8.77. The van der Waals surface area contributed by atoms with Crippen molar-refractivity contribution in [3.8, 4) is 0 Å². The SMILES string of the molecule is Cc1c([C@@H](NC(=O)N2CCO[C@@H](CO)C2)C(C)C)oc2ccccc12. The van der Waals surface area contributed by atoms with E-state index in [-0.39, 0.29) is 30.7 Å². The lowest BCUT2D eigenvalue weighted by molar-refractivity contribution is -0.0407. The Morgan fingerprint density at radius 1 is 1.40 bits per heavy atom. The van der Waals surface area contributed by atoms with Crippen LogP contribution in [0.4, 0.5) is 4.79 Å². The van der Waals surface area contributed by atoms with Crippen LogP contribution in [0.15, 0.2) is 28.7 Å². The number of hydrogen-bond donors (Lipinski definition) is 2. The number of rotatable bonds is 4. The van der Waals surface area contributed by atoms with E-state index in [1.54, 1.807) is 4.90 Å². The van der Waals surface area contributed by atoms with Crippen molar-refractivity contribution in [2.24, 2.45) is 5.92 Å². The van der Waals surface area contributed by atoms with Crippen LogP contribution >= 0.6 is 0 Å². The van der Waals surface area contributed by atoms with Gasteiger partial charge in [0.2, 0.25) is 0 Å². The summed E-state index contributed by atoms with van der Waals surface area (Å²) in [5, 5.41) is 13.4. The molecule has 3 rings (SSSR count). The Hall–Kier alpha value is -2.05. The number of aliphatic hydroxyl groups excluding tert-OH is 1. The quantitative estimate of drug-likeness (QED) is 0.893. The van der Waals surface area contributed by atoms with Gasteiger partial charge in [-0.1, -0.05) is 32.0 Å². The zero-order chi connectivity index (χ0) is 18.0. The molecule has 136 valence electrons. The molecule has 1 aliphatic heterocycles. The zero-order valence-corrected chi connectivity index (χ0v) is 15.0. The highest BCUT2D eigenvalue weighted by Gasteiger charge is 2.29. The lowest BCUT2D eigenvalue weighted by atomic mass is 9.98. The molecule has 1 fully saturated rings. The Labute approximate surface area is 147 Å². The lowest BCUT2D eigenvalue weighted by Crippen LogP contribution is -2.51. The second-order valence-corrected chi connectivity index (χ2v) is 6.88. The molecule has 25 heavy (non-hydrogen) atoms. The van der Waals surface area contributed by atoms with Crippen molar-refractivity contribution in [3.05, 3.63) is 35.6 Å². The summed E-state index contributed by atoms with van der Waals surface area (Å²) in [6, 6.07) is 7.54. The van der Waals surface area contributed by atoms with E-state index in [0.717, 1.165) is 22.3 Å². The Balaban J connectivity index is 1.81. The van der Waals surface area contributed by atoms with Gasteiger partial charge < -0.3 is 24.5 Å². The number of carbonyl (C=O) groups is 1. The molecule has 2 aromatic rings. The van der Waals surface area contributed by atoms with Gasteiger partial charge in [-0.05, 0) is 18.9 Å². The molecule has 0 aliphatic carbocycles. The second-order valence-electron chi connectivity index (χ2n) is 6.88. The number of carbonyl (C=O) groups excluding carboxylic acids is 1. The van der Waals surface area contributed by atoms with E-state index < -0.39 is 0 Å². The standard InChI is InChI=1S/C19H26N2O4/c1-12(2)17(18-13(3)15-6-4-5-7-16(15)25-18)20-19(23)21-8-9-24-14(10-21)11-22/h4-7,12,14,17,22H,8-11H2,1-3H3,(H,20,23)/t14-,17+/m1/s1.